The van der Waals surface area contributed by atoms with Crippen molar-refractivity contribution in [2.24, 2.45) is 0 Å². The zero-order valence-corrected chi connectivity index (χ0v) is 15.2. The molecule has 6 nitrogen and oxygen atoms in total. The standard InChI is InChI=1S/C19H26N4O2/c1-12(2)18-21-19-16(5-4-8-23(19)22-18)20-14-9-13-10-15(24-3)6-7-17(13)25-11-14/h6-7,10,12,14,16,20H,4-5,8-9,11H2,1-3H3/t14-,16+/m1/s1. The lowest BCUT2D eigenvalue weighted by molar-refractivity contribution is 0.214. The van der Waals surface area contributed by atoms with Gasteiger partial charge in [0.1, 0.15) is 23.9 Å². The van der Waals surface area contributed by atoms with E-state index in [0.717, 1.165) is 49.0 Å². The molecule has 2 aliphatic rings. The van der Waals surface area contributed by atoms with Crippen LogP contribution in [0, 0.1) is 0 Å². The predicted octanol–water partition coefficient (Wildman–Crippen LogP) is 2.84. The minimum Gasteiger partial charge on any atom is -0.497 e. The van der Waals surface area contributed by atoms with Gasteiger partial charge >= 0.3 is 0 Å². The molecule has 25 heavy (non-hydrogen) atoms. The molecule has 0 fully saturated rings. The van der Waals surface area contributed by atoms with Gasteiger partial charge in [-0.2, -0.15) is 5.10 Å². The summed E-state index contributed by atoms with van der Waals surface area (Å²) in [5, 5.41) is 8.43. The monoisotopic (exact) mass is 342 g/mol. The van der Waals surface area contributed by atoms with Gasteiger partial charge in [-0.25, -0.2) is 9.67 Å². The Labute approximate surface area is 148 Å². The molecule has 1 aromatic heterocycles. The van der Waals surface area contributed by atoms with Crippen LogP contribution < -0.4 is 14.8 Å². The Kier molecular flexibility index (Phi) is 4.37. The van der Waals surface area contributed by atoms with Crippen molar-refractivity contribution in [3.05, 3.63) is 35.4 Å². The van der Waals surface area contributed by atoms with Crippen molar-refractivity contribution >= 4 is 0 Å². The van der Waals surface area contributed by atoms with E-state index < -0.39 is 0 Å². The maximum Gasteiger partial charge on any atom is 0.153 e. The van der Waals surface area contributed by atoms with Gasteiger partial charge in [-0.05, 0) is 43.0 Å². The van der Waals surface area contributed by atoms with Gasteiger partial charge in [0.15, 0.2) is 5.82 Å². The highest BCUT2D eigenvalue weighted by Gasteiger charge is 2.29. The zero-order valence-electron chi connectivity index (χ0n) is 15.2. The smallest absolute Gasteiger partial charge is 0.153 e. The van der Waals surface area contributed by atoms with Crippen LogP contribution in [-0.2, 0) is 13.0 Å². The van der Waals surface area contributed by atoms with Gasteiger partial charge in [-0.1, -0.05) is 13.8 Å². The second-order valence-corrected chi connectivity index (χ2v) is 7.25. The minimum absolute atomic E-state index is 0.245. The molecule has 0 amide bonds. The molecule has 0 spiro atoms. The third kappa shape index (κ3) is 3.23. The average Bonchev–Trinajstić information content (AvgIpc) is 3.07. The molecule has 2 atom stereocenters. The third-order valence-corrected chi connectivity index (χ3v) is 5.02. The quantitative estimate of drug-likeness (QED) is 0.926. The molecule has 1 aromatic carbocycles. The first-order valence-electron chi connectivity index (χ1n) is 9.14. The van der Waals surface area contributed by atoms with Crippen molar-refractivity contribution in [1.82, 2.24) is 20.1 Å². The number of benzene rings is 1. The molecule has 0 unspecified atom stereocenters. The molecule has 3 heterocycles. The molecular weight excluding hydrogens is 316 g/mol. The van der Waals surface area contributed by atoms with E-state index in [4.69, 9.17) is 14.5 Å². The van der Waals surface area contributed by atoms with E-state index in [1.807, 2.05) is 12.1 Å². The second kappa shape index (κ2) is 6.67. The van der Waals surface area contributed by atoms with Gasteiger partial charge in [0.05, 0.1) is 13.2 Å². The number of nitrogens with zero attached hydrogens (tertiary/aromatic N) is 3. The highest BCUT2D eigenvalue weighted by atomic mass is 16.5. The molecule has 2 aromatic rings. The number of fused-ring (bicyclic) bond motifs is 2. The SMILES string of the molecule is COc1ccc2c(c1)C[C@@H](N[C@H]1CCCn3nc(C(C)C)nc31)CO2. The Morgan fingerprint density at radius 1 is 1.36 bits per heavy atom. The number of aryl methyl sites for hydroxylation is 1. The summed E-state index contributed by atoms with van der Waals surface area (Å²) in [6, 6.07) is 6.54. The summed E-state index contributed by atoms with van der Waals surface area (Å²) >= 11 is 0. The number of nitrogens with one attached hydrogen (secondary N) is 1. The summed E-state index contributed by atoms with van der Waals surface area (Å²) in [4.78, 5) is 4.80. The van der Waals surface area contributed by atoms with Crippen LogP contribution in [0.3, 0.4) is 0 Å². The summed E-state index contributed by atoms with van der Waals surface area (Å²) in [6.45, 7) is 5.93. The zero-order chi connectivity index (χ0) is 17.4. The second-order valence-electron chi connectivity index (χ2n) is 7.25. The van der Waals surface area contributed by atoms with Crippen LogP contribution in [0.2, 0.25) is 0 Å². The number of ether oxygens (including phenoxy) is 2. The molecule has 2 aliphatic heterocycles. The molecule has 0 aliphatic carbocycles. The number of rotatable bonds is 4. The van der Waals surface area contributed by atoms with Crippen molar-refractivity contribution in [2.45, 2.75) is 57.7 Å². The Balaban J connectivity index is 1.50. The highest BCUT2D eigenvalue weighted by Crippen LogP contribution is 2.31. The Morgan fingerprint density at radius 2 is 2.24 bits per heavy atom. The van der Waals surface area contributed by atoms with Crippen molar-refractivity contribution in [1.29, 1.82) is 0 Å². The molecular formula is C19H26N4O2. The van der Waals surface area contributed by atoms with E-state index >= 15 is 0 Å². The normalized spacial score (nSPS) is 22.2. The van der Waals surface area contributed by atoms with Gasteiger partial charge in [0, 0.05) is 18.5 Å². The van der Waals surface area contributed by atoms with Gasteiger partial charge < -0.3 is 14.8 Å². The van der Waals surface area contributed by atoms with E-state index in [2.05, 4.69) is 35.0 Å². The fourth-order valence-electron chi connectivity index (χ4n) is 3.66. The summed E-state index contributed by atoms with van der Waals surface area (Å²) in [7, 11) is 1.70. The van der Waals surface area contributed by atoms with E-state index in [-0.39, 0.29) is 12.1 Å². The number of methoxy groups -OCH3 is 1. The van der Waals surface area contributed by atoms with Crippen molar-refractivity contribution in [3.8, 4) is 11.5 Å². The van der Waals surface area contributed by atoms with Crippen LogP contribution in [0.5, 0.6) is 11.5 Å². The Hall–Kier alpha value is -2.08. The fraction of sp³-hybridized carbons (Fsp3) is 0.579. The predicted molar refractivity (Wildman–Crippen MR) is 95.2 cm³/mol. The summed E-state index contributed by atoms with van der Waals surface area (Å²) in [5.74, 6) is 4.22. The molecule has 1 N–H and O–H groups in total. The first-order chi connectivity index (χ1) is 12.1. The third-order valence-electron chi connectivity index (χ3n) is 5.02. The lowest BCUT2D eigenvalue weighted by atomic mass is 9.99. The molecule has 134 valence electrons. The molecule has 0 saturated heterocycles. The maximum atomic E-state index is 5.95. The minimum atomic E-state index is 0.245. The molecule has 0 saturated carbocycles. The summed E-state index contributed by atoms with van der Waals surface area (Å²) < 4.78 is 13.4. The largest absolute Gasteiger partial charge is 0.497 e. The molecule has 6 heteroatoms. The van der Waals surface area contributed by atoms with Gasteiger partial charge in [0.2, 0.25) is 0 Å². The van der Waals surface area contributed by atoms with Crippen molar-refractivity contribution < 1.29 is 9.47 Å². The van der Waals surface area contributed by atoms with Crippen molar-refractivity contribution in [3.63, 3.8) is 0 Å². The van der Waals surface area contributed by atoms with Crippen LogP contribution in [0.1, 0.15) is 55.9 Å². The highest BCUT2D eigenvalue weighted by molar-refractivity contribution is 5.42. The lowest BCUT2D eigenvalue weighted by Gasteiger charge is -2.31. The van der Waals surface area contributed by atoms with E-state index in [1.54, 1.807) is 7.11 Å². The van der Waals surface area contributed by atoms with Gasteiger partial charge in [0.25, 0.3) is 0 Å². The first kappa shape index (κ1) is 16.4. The summed E-state index contributed by atoms with van der Waals surface area (Å²) in [6.07, 6.45) is 3.16. The fourth-order valence-corrected chi connectivity index (χ4v) is 3.66. The average molecular weight is 342 g/mol. The van der Waals surface area contributed by atoms with Crippen LogP contribution in [0.25, 0.3) is 0 Å². The van der Waals surface area contributed by atoms with Crippen LogP contribution in [0.15, 0.2) is 18.2 Å². The Morgan fingerprint density at radius 3 is 3.04 bits per heavy atom. The topological polar surface area (TPSA) is 61.2 Å². The molecule has 0 bridgehead atoms. The maximum absolute atomic E-state index is 5.95. The van der Waals surface area contributed by atoms with Gasteiger partial charge in [-0.15, -0.1) is 0 Å². The van der Waals surface area contributed by atoms with Gasteiger partial charge in [-0.3, -0.25) is 0 Å². The van der Waals surface area contributed by atoms with E-state index in [0.29, 0.717) is 12.5 Å². The molecule has 4 rings (SSSR count). The number of hydrogen-bond donors (Lipinski definition) is 1. The number of hydrogen-bond acceptors (Lipinski definition) is 5. The first-order valence-corrected chi connectivity index (χ1v) is 9.14. The van der Waals surface area contributed by atoms with Crippen LogP contribution in [0.4, 0.5) is 0 Å². The van der Waals surface area contributed by atoms with Crippen LogP contribution in [-0.4, -0.2) is 34.5 Å². The Bertz CT molecular complexity index is 756. The van der Waals surface area contributed by atoms with Crippen molar-refractivity contribution in [2.75, 3.05) is 13.7 Å². The number of aromatic nitrogens is 3. The van der Waals surface area contributed by atoms with E-state index in [9.17, 15) is 0 Å². The molecule has 0 radical (unpaired) electrons. The summed E-state index contributed by atoms with van der Waals surface area (Å²) in [5.41, 5.74) is 1.20. The van der Waals surface area contributed by atoms with Crippen LogP contribution >= 0.6 is 0 Å². The lowest BCUT2D eigenvalue weighted by Crippen LogP contribution is -2.43. The van der Waals surface area contributed by atoms with E-state index in [1.165, 1.54) is 5.56 Å².